The van der Waals surface area contributed by atoms with Crippen molar-refractivity contribution in [2.75, 3.05) is 7.11 Å². The number of allylic oxidation sites excluding steroid dienone is 5. The number of nitrogens with zero attached hydrogens (tertiary/aromatic N) is 1. The zero-order valence-corrected chi connectivity index (χ0v) is 18.6. The van der Waals surface area contributed by atoms with Gasteiger partial charge < -0.3 is 10.2 Å². The van der Waals surface area contributed by atoms with Crippen LogP contribution in [-0.4, -0.2) is 40.3 Å². The van der Waals surface area contributed by atoms with E-state index in [4.69, 9.17) is 9.68 Å². The number of carbonyl (C=O) groups is 1. The van der Waals surface area contributed by atoms with Gasteiger partial charge in [-0.1, -0.05) is 55.0 Å². The second-order valence-corrected chi connectivity index (χ2v) is 8.99. The quantitative estimate of drug-likeness (QED) is 0.400. The van der Waals surface area contributed by atoms with E-state index in [1.165, 1.54) is 26.0 Å². The molecule has 0 bridgehead atoms. The Morgan fingerprint density at radius 2 is 2.17 bits per heavy atom. The molecule has 2 saturated carbocycles. The summed E-state index contributed by atoms with van der Waals surface area (Å²) in [6, 6.07) is 0. The lowest BCUT2D eigenvalue weighted by Gasteiger charge is -2.41. The standard InChI is InChI=1S/C24H35NO5/c1-6-20-11-12-21-18(8-7-13-23(20,21)4)9-10-19-14-24(28,15-22(27)16(19)2)30-25(29-5)17(3)26/h9-11,21-22,27-28H,2,6-8,12-15H2,1,3-5H3/t21?,22-,23+,24?/m0/s1. The van der Waals surface area contributed by atoms with Gasteiger partial charge in [-0.3, -0.25) is 4.79 Å². The van der Waals surface area contributed by atoms with Gasteiger partial charge in [-0.15, -0.1) is 0 Å². The van der Waals surface area contributed by atoms with Crippen molar-refractivity contribution in [2.45, 2.75) is 77.6 Å². The first kappa shape index (κ1) is 22.9. The van der Waals surface area contributed by atoms with Crippen LogP contribution in [0.3, 0.4) is 0 Å². The summed E-state index contributed by atoms with van der Waals surface area (Å²) in [5, 5.41) is 22.0. The van der Waals surface area contributed by atoms with E-state index in [2.05, 4.69) is 32.6 Å². The maximum absolute atomic E-state index is 11.6. The number of aliphatic hydroxyl groups excluding tert-OH is 1. The van der Waals surface area contributed by atoms with Crippen LogP contribution in [0.25, 0.3) is 0 Å². The number of rotatable bonds is 5. The summed E-state index contributed by atoms with van der Waals surface area (Å²) >= 11 is 0. The average Bonchev–Trinajstić information content (AvgIpc) is 3.04. The Balaban J connectivity index is 1.83. The number of hydrogen-bond donors (Lipinski definition) is 2. The van der Waals surface area contributed by atoms with Crippen LogP contribution in [0.15, 0.2) is 47.1 Å². The molecule has 0 aromatic rings. The van der Waals surface area contributed by atoms with Gasteiger partial charge in [0, 0.05) is 19.8 Å². The summed E-state index contributed by atoms with van der Waals surface area (Å²) in [4.78, 5) is 21.9. The smallest absolute Gasteiger partial charge is 0.270 e. The van der Waals surface area contributed by atoms with Gasteiger partial charge in [0.05, 0.1) is 13.2 Å². The predicted octanol–water partition coefficient (Wildman–Crippen LogP) is 4.13. The molecular weight excluding hydrogens is 382 g/mol. The van der Waals surface area contributed by atoms with Crippen molar-refractivity contribution in [1.29, 1.82) is 0 Å². The summed E-state index contributed by atoms with van der Waals surface area (Å²) in [5.74, 6) is -1.74. The second-order valence-electron chi connectivity index (χ2n) is 8.99. The van der Waals surface area contributed by atoms with Gasteiger partial charge in [-0.2, -0.15) is 0 Å². The Labute approximate surface area is 179 Å². The third-order valence-electron chi connectivity index (χ3n) is 7.06. The van der Waals surface area contributed by atoms with E-state index in [9.17, 15) is 15.0 Å². The number of fused-ring (bicyclic) bond motifs is 1. The van der Waals surface area contributed by atoms with Crippen LogP contribution in [0.2, 0.25) is 0 Å². The van der Waals surface area contributed by atoms with E-state index >= 15 is 0 Å². The van der Waals surface area contributed by atoms with E-state index in [-0.39, 0.29) is 18.3 Å². The first-order valence-electron chi connectivity index (χ1n) is 10.9. The molecular formula is C24H35NO5. The Kier molecular flexibility index (Phi) is 6.72. The minimum absolute atomic E-state index is 0.0860. The summed E-state index contributed by atoms with van der Waals surface area (Å²) < 4.78 is 0. The molecule has 166 valence electrons. The number of amides is 1. The summed E-state index contributed by atoms with van der Waals surface area (Å²) in [5.41, 5.74) is 4.51. The fraction of sp³-hybridized carbons (Fsp3) is 0.625. The molecule has 0 spiro atoms. The number of carbonyl (C=O) groups excluding carboxylic acids is 1. The Hall–Kier alpha value is -1.73. The molecule has 2 unspecified atom stereocenters. The molecule has 0 aromatic carbocycles. The molecule has 3 aliphatic rings. The van der Waals surface area contributed by atoms with Gasteiger partial charge in [0.2, 0.25) is 5.79 Å². The van der Waals surface area contributed by atoms with E-state index < -0.39 is 17.8 Å². The SMILES string of the molecule is C=C1C(=CC=C2CCC[C@]3(C)C(CC)=CCC23)CC(O)(ON(OC)C(C)=O)C[C@@H]1O. The summed E-state index contributed by atoms with van der Waals surface area (Å²) in [6.07, 6.45) is 11.2. The van der Waals surface area contributed by atoms with E-state index in [0.717, 1.165) is 31.3 Å². The summed E-state index contributed by atoms with van der Waals surface area (Å²) in [7, 11) is 1.28. The number of hydroxylamine groups is 2. The zero-order valence-electron chi connectivity index (χ0n) is 18.6. The molecule has 30 heavy (non-hydrogen) atoms. The molecule has 0 saturated heterocycles. The van der Waals surface area contributed by atoms with Gasteiger partial charge in [0.15, 0.2) is 0 Å². The van der Waals surface area contributed by atoms with Gasteiger partial charge in [-0.25, -0.2) is 9.68 Å². The molecule has 4 atom stereocenters. The van der Waals surface area contributed by atoms with Crippen molar-refractivity contribution in [3.8, 4) is 0 Å². The van der Waals surface area contributed by atoms with Crippen molar-refractivity contribution < 1.29 is 24.7 Å². The predicted molar refractivity (Wildman–Crippen MR) is 115 cm³/mol. The third-order valence-corrected chi connectivity index (χ3v) is 7.06. The monoisotopic (exact) mass is 417 g/mol. The van der Waals surface area contributed by atoms with E-state index in [0.29, 0.717) is 16.7 Å². The van der Waals surface area contributed by atoms with E-state index in [1.807, 2.05) is 6.08 Å². The van der Waals surface area contributed by atoms with Crippen LogP contribution in [-0.2, 0) is 14.5 Å². The number of aliphatic hydroxyl groups is 2. The lowest BCUT2D eigenvalue weighted by atomic mass is 9.64. The summed E-state index contributed by atoms with van der Waals surface area (Å²) in [6.45, 7) is 9.90. The minimum atomic E-state index is -1.75. The van der Waals surface area contributed by atoms with Crippen LogP contribution in [0.4, 0.5) is 0 Å². The molecule has 6 heteroatoms. The normalized spacial score (nSPS) is 36.7. The molecule has 2 fully saturated rings. The Bertz CT molecular complexity index is 797. The van der Waals surface area contributed by atoms with E-state index in [1.54, 1.807) is 5.57 Å². The van der Waals surface area contributed by atoms with Crippen molar-refractivity contribution >= 4 is 5.91 Å². The van der Waals surface area contributed by atoms with Crippen LogP contribution < -0.4 is 0 Å². The minimum Gasteiger partial charge on any atom is -0.388 e. The first-order chi connectivity index (χ1) is 14.1. The maximum Gasteiger partial charge on any atom is 0.270 e. The van der Waals surface area contributed by atoms with Crippen molar-refractivity contribution in [1.82, 2.24) is 5.23 Å². The molecule has 6 nitrogen and oxygen atoms in total. The van der Waals surface area contributed by atoms with Gasteiger partial charge >= 0.3 is 0 Å². The Morgan fingerprint density at radius 1 is 1.43 bits per heavy atom. The van der Waals surface area contributed by atoms with Crippen LogP contribution in [0.5, 0.6) is 0 Å². The van der Waals surface area contributed by atoms with Crippen molar-refractivity contribution in [3.63, 3.8) is 0 Å². The maximum atomic E-state index is 11.6. The third kappa shape index (κ3) is 4.33. The second kappa shape index (κ2) is 8.79. The topological polar surface area (TPSA) is 79.2 Å². The average molecular weight is 418 g/mol. The van der Waals surface area contributed by atoms with Gasteiger partial charge in [0.25, 0.3) is 5.91 Å². The fourth-order valence-electron chi connectivity index (χ4n) is 5.40. The van der Waals surface area contributed by atoms with Gasteiger partial charge in [-0.05, 0) is 54.6 Å². The molecule has 0 aliphatic heterocycles. The molecule has 0 aromatic heterocycles. The van der Waals surface area contributed by atoms with Crippen LogP contribution in [0.1, 0.15) is 65.7 Å². The highest BCUT2D eigenvalue weighted by Gasteiger charge is 2.44. The highest BCUT2D eigenvalue weighted by Crippen LogP contribution is 2.55. The molecule has 2 N–H and O–H groups in total. The lowest BCUT2D eigenvalue weighted by Crippen LogP contribution is -2.47. The highest BCUT2D eigenvalue weighted by molar-refractivity contribution is 5.70. The zero-order chi connectivity index (χ0) is 22.1. The lowest BCUT2D eigenvalue weighted by molar-refractivity contribution is -0.420. The fourth-order valence-corrected chi connectivity index (χ4v) is 5.40. The molecule has 3 aliphatic carbocycles. The van der Waals surface area contributed by atoms with Crippen molar-refractivity contribution in [3.05, 3.63) is 47.1 Å². The largest absolute Gasteiger partial charge is 0.388 e. The van der Waals surface area contributed by atoms with Crippen LogP contribution >= 0.6 is 0 Å². The van der Waals surface area contributed by atoms with Gasteiger partial charge in [0.1, 0.15) is 0 Å². The highest BCUT2D eigenvalue weighted by atomic mass is 17.0. The van der Waals surface area contributed by atoms with Crippen molar-refractivity contribution in [2.24, 2.45) is 11.3 Å². The molecule has 1 amide bonds. The Morgan fingerprint density at radius 3 is 2.80 bits per heavy atom. The first-order valence-corrected chi connectivity index (χ1v) is 10.9. The van der Waals surface area contributed by atoms with Crippen LogP contribution in [0, 0.1) is 11.3 Å². The molecule has 3 rings (SSSR count). The molecule has 0 radical (unpaired) electrons. The number of hydrogen-bond acceptors (Lipinski definition) is 5. The molecule has 0 heterocycles.